The summed E-state index contributed by atoms with van der Waals surface area (Å²) in [6, 6.07) is 8.12. The highest BCUT2D eigenvalue weighted by atomic mass is 32.1. The minimum absolute atomic E-state index is 0.0664. The van der Waals surface area contributed by atoms with Gasteiger partial charge in [-0.1, -0.05) is 18.2 Å². The number of aryl methyl sites for hydroxylation is 2. The normalized spacial score (nSPS) is 20.1. The Balaban J connectivity index is 1.40. The molecule has 4 rings (SSSR count). The molecule has 6 heteroatoms. The number of fused-ring (bicyclic) bond motifs is 2. The number of nitrogens with one attached hydrogen (secondary N) is 1. The van der Waals surface area contributed by atoms with E-state index in [1.54, 1.807) is 11.3 Å². The summed E-state index contributed by atoms with van der Waals surface area (Å²) in [6.45, 7) is 4.55. The Morgan fingerprint density at radius 1 is 1.44 bits per heavy atom. The summed E-state index contributed by atoms with van der Waals surface area (Å²) in [7, 11) is 0. The lowest BCUT2D eigenvalue weighted by molar-refractivity contribution is -0.123. The second-order valence-corrected chi connectivity index (χ2v) is 8.01. The smallest absolute Gasteiger partial charge is 0.234 e. The van der Waals surface area contributed by atoms with Gasteiger partial charge >= 0.3 is 0 Å². The van der Waals surface area contributed by atoms with Crippen molar-refractivity contribution in [3.63, 3.8) is 0 Å². The molecule has 1 N–H and O–H groups in total. The molecule has 25 heavy (non-hydrogen) atoms. The number of hydrogen-bond donors (Lipinski definition) is 1. The van der Waals surface area contributed by atoms with Gasteiger partial charge in [-0.05, 0) is 32.3 Å². The lowest BCUT2D eigenvalue weighted by Gasteiger charge is -2.24. The van der Waals surface area contributed by atoms with Crippen LogP contribution < -0.4 is 10.1 Å². The Labute approximate surface area is 152 Å². The van der Waals surface area contributed by atoms with Crippen molar-refractivity contribution in [3.8, 4) is 5.75 Å². The zero-order valence-electron chi connectivity index (χ0n) is 14.5. The predicted molar refractivity (Wildman–Crippen MR) is 97.9 cm³/mol. The quantitative estimate of drug-likeness (QED) is 0.918. The molecule has 2 aliphatic rings. The highest BCUT2D eigenvalue weighted by Crippen LogP contribution is 2.33. The van der Waals surface area contributed by atoms with Crippen LogP contribution in [0.25, 0.3) is 0 Å². The fraction of sp³-hybridized carbons (Fsp3) is 0.474. The Morgan fingerprint density at radius 2 is 2.32 bits per heavy atom. The van der Waals surface area contributed by atoms with Gasteiger partial charge in [0, 0.05) is 23.5 Å². The van der Waals surface area contributed by atoms with Crippen molar-refractivity contribution >= 4 is 17.2 Å². The summed E-state index contributed by atoms with van der Waals surface area (Å²) in [6.07, 6.45) is 3.19. The van der Waals surface area contributed by atoms with E-state index in [1.165, 1.54) is 4.88 Å². The number of para-hydroxylation sites is 1. The third-order valence-corrected chi connectivity index (χ3v) is 5.84. The van der Waals surface area contributed by atoms with Crippen LogP contribution in [0, 0.1) is 6.92 Å². The Bertz CT molecular complexity index is 774. The van der Waals surface area contributed by atoms with Gasteiger partial charge in [0.15, 0.2) is 0 Å². The second kappa shape index (κ2) is 7.14. The lowest BCUT2D eigenvalue weighted by atomic mass is 9.97. The number of ether oxygens (including phenoxy) is 1. The molecule has 0 unspecified atom stereocenters. The number of benzene rings is 1. The number of carbonyl (C=O) groups excluding carboxylic acids is 1. The van der Waals surface area contributed by atoms with Gasteiger partial charge in [0.05, 0.1) is 23.3 Å². The molecule has 5 nitrogen and oxygen atoms in total. The van der Waals surface area contributed by atoms with E-state index in [4.69, 9.17) is 4.74 Å². The molecule has 0 radical (unpaired) electrons. The van der Waals surface area contributed by atoms with Crippen molar-refractivity contribution in [3.05, 3.63) is 45.4 Å². The molecule has 0 spiro atoms. The number of aromatic nitrogens is 1. The Hall–Kier alpha value is -1.92. The van der Waals surface area contributed by atoms with Crippen molar-refractivity contribution in [1.82, 2.24) is 15.2 Å². The van der Waals surface area contributed by atoms with Crippen LogP contribution in [-0.4, -0.2) is 35.5 Å². The fourth-order valence-electron chi connectivity index (χ4n) is 3.64. The molecule has 1 atom stereocenters. The Morgan fingerprint density at radius 3 is 3.24 bits per heavy atom. The summed E-state index contributed by atoms with van der Waals surface area (Å²) in [5, 5.41) is 4.29. The standard InChI is InChI=1S/C19H23N3O2S/c1-13-20-19-15(6-4-8-17(19)25-13)21-18(23)12-22-9-10-24-16-7-3-2-5-14(16)11-22/h2-3,5,7,15H,4,6,8-12H2,1H3,(H,21,23)/t15-/m0/s1. The molecule has 0 saturated carbocycles. The number of hydrogen-bond acceptors (Lipinski definition) is 5. The third-order valence-electron chi connectivity index (χ3n) is 4.80. The summed E-state index contributed by atoms with van der Waals surface area (Å²) >= 11 is 1.76. The van der Waals surface area contributed by atoms with Crippen molar-refractivity contribution in [1.29, 1.82) is 0 Å². The lowest BCUT2D eigenvalue weighted by Crippen LogP contribution is -2.40. The van der Waals surface area contributed by atoms with Crippen LogP contribution in [0.5, 0.6) is 5.75 Å². The van der Waals surface area contributed by atoms with E-state index in [-0.39, 0.29) is 11.9 Å². The predicted octanol–water partition coefficient (Wildman–Crippen LogP) is 2.84. The summed E-state index contributed by atoms with van der Waals surface area (Å²) in [5.74, 6) is 1.00. The van der Waals surface area contributed by atoms with Gasteiger partial charge in [-0.15, -0.1) is 11.3 Å². The second-order valence-electron chi connectivity index (χ2n) is 6.72. The van der Waals surface area contributed by atoms with Gasteiger partial charge in [0.2, 0.25) is 5.91 Å². The monoisotopic (exact) mass is 357 g/mol. The molecule has 0 saturated heterocycles. The molecule has 1 aromatic carbocycles. The van der Waals surface area contributed by atoms with Crippen LogP contribution in [0.1, 0.15) is 40.0 Å². The first kappa shape index (κ1) is 16.5. The first-order valence-electron chi connectivity index (χ1n) is 8.87. The molecule has 0 bridgehead atoms. The highest BCUT2D eigenvalue weighted by Gasteiger charge is 2.26. The van der Waals surface area contributed by atoms with E-state index < -0.39 is 0 Å². The van der Waals surface area contributed by atoms with Crippen molar-refractivity contribution in [2.24, 2.45) is 0 Å². The summed E-state index contributed by atoms with van der Waals surface area (Å²) in [5.41, 5.74) is 2.23. The van der Waals surface area contributed by atoms with Crippen LogP contribution in [0.4, 0.5) is 0 Å². The van der Waals surface area contributed by atoms with E-state index in [0.29, 0.717) is 13.2 Å². The molecule has 1 aliphatic heterocycles. The van der Waals surface area contributed by atoms with Crippen LogP contribution >= 0.6 is 11.3 Å². The van der Waals surface area contributed by atoms with Crippen molar-refractivity contribution < 1.29 is 9.53 Å². The molecule has 1 aliphatic carbocycles. The van der Waals surface area contributed by atoms with Gasteiger partial charge in [0.25, 0.3) is 0 Å². The van der Waals surface area contributed by atoms with Crippen molar-refractivity contribution in [2.45, 2.75) is 38.8 Å². The van der Waals surface area contributed by atoms with Gasteiger partial charge in [-0.2, -0.15) is 0 Å². The van der Waals surface area contributed by atoms with E-state index >= 15 is 0 Å². The summed E-state index contributed by atoms with van der Waals surface area (Å²) < 4.78 is 5.78. The molecular formula is C19H23N3O2S. The topological polar surface area (TPSA) is 54.5 Å². The van der Waals surface area contributed by atoms with E-state index in [2.05, 4.69) is 21.3 Å². The van der Waals surface area contributed by atoms with Crippen LogP contribution in [-0.2, 0) is 17.8 Å². The molecule has 2 heterocycles. The maximum absolute atomic E-state index is 12.6. The van der Waals surface area contributed by atoms with Gasteiger partial charge < -0.3 is 10.1 Å². The van der Waals surface area contributed by atoms with E-state index in [1.807, 2.05) is 25.1 Å². The van der Waals surface area contributed by atoms with Crippen LogP contribution in [0.3, 0.4) is 0 Å². The van der Waals surface area contributed by atoms with Gasteiger partial charge in [-0.3, -0.25) is 9.69 Å². The van der Waals surface area contributed by atoms with E-state index in [0.717, 1.165) is 54.4 Å². The third kappa shape index (κ3) is 3.70. The zero-order chi connectivity index (χ0) is 17.2. The molecule has 0 fully saturated rings. The minimum atomic E-state index is 0.0664. The maximum Gasteiger partial charge on any atom is 0.234 e. The average Bonchev–Trinajstić information content (AvgIpc) is 2.85. The van der Waals surface area contributed by atoms with Crippen LogP contribution in [0.2, 0.25) is 0 Å². The Kier molecular flexibility index (Phi) is 4.72. The number of amides is 1. The first-order chi connectivity index (χ1) is 12.2. The first-order valence-corrected chi connectivity index (χ1v) is 9.69. The van der Waals surface area contributed by atoms with E-state index in [9.17, 15) is 4.79 Å². The minimum Gasteiger partial charge on any atom is -0.492 e. The summed E-state index contributed by atoms with van der Waals surface area (Å²) in [4.78, 5) is 20.7. The zero-order valence-corrected chi connectivity index (χ0v) is 15.3. The maximum atomic E-state index is 12.6. The number of nitrogens with zero attached hydrogens (tertiary/aromatic N) is 2. The molecule has 1 aromatic heterocycles. The van der Waals surface area contributed by atoms with Crippen molar-refractivity contribution in [2.75, 3.05) is 19.7 Å². The largest absolute Gasteiger partial charge is 0.492 e. The molecular weight excluding hydrogens is 334 g/mol. The SMILES string of the molecule is Cc1nc2c(s1)CCC[C@@H]2NC(=O)CN1CCOc2ccccc2C1. The number of rotatable bonds is 3. The molecule has 1 amide bonds. The fourth-order valence-corrected chi connectivity index (χ4v) is 4.68. The highest BCUT2D eigenvalue weighted by molar-refractivity contribution is 7.11. The molecule has 2 aromatic rings. The average molecular weight is 357 g/mol. The van der Waals surface area contributed by atoms with Gasteiger partial charge in [0.1, 0.15) is 12.4 Å². The number of carbonyl (C=O) groups is 1. The number of thiazole rings is 1. The van der Waals surface area contributed by atoms with Gasteiger partial charge in [-0.25, -0.2) is 4.98 Å². The molecule has 132 valence electrons. The van der Waals surface area contributed by atoms with Crippen LogP contribution in [0.15, 0.2) is 24.3 Å².